The van der Waals surface area contributed by atoms with E-state index in [1.54, 1.807) is 0 Å². The Bertz CT molecular complexity index is 169. The third-order valence-electron chi connectivity index (χ3n) is 1.41. The second-order valence-corrected chi connectivity index (χ2v) is 3.80. The third kappa shape index (κ3) is 2.41. The fourth-order valence-electron chi connectivity index (χ4n) is 0.896. The van der Waals surface area contributed by atoms with Gasteiger partial charge in [-0.1, -0.05) is 0 Å². The van der Waals surface area contributed by atoms with E-state index in [9.17, 15) is 0 Å². The summed E-state index contributed by atoms with van der Waals surface area (Å²) in [7, 11) is 2.00. The molecular formula is C8H16N2O. The van der Waals surface area contributed by atoms with Gasteiger partial charge in [-0.3, -0.25) is 0 Å². The minimum atomic E-state index is -0.128. The molecule has 1 heterocycles. The van der Waals surface area contributed by atoms with Crippen LogP contribution in [0.3, 0.4) is 0 Å². The molecule has 0 aromatic carbocycles. The zero-order valence-corrected chi connectivity index (χ0v) is 7.72. The van der Waals surface area contributed by atoms with Crippen LogP contribution in [0.2, 0.25) is 0 Å². The van der Waals surface area contributed by atoms with Gasteiger partial charge < -0.3 is 9.64 Å². The highest BCUT2D eigenvalue weighted by Gasteiger charge is 2.20. The van der Waals surface area contributed by atoms with Gasteiger partial charge in [-0.25, -0.2) is 4.99 Å². The molecule has 3 heteroatoms. The fraction of sp³-hybridized carbons (Fsp3) is 0.875. The van der Waals surface area contributed by atoms with Gasteiger partial charge in [-0.15, -0.1) is 0 Å². The molecule has 0 radical (unpaired) electrons. The van der Waals surface area contributed by atoms with E-state index in [0.717, 1.165) is 19.1 Å². The highest BCUT2D eigenvalue weighted by atomic mass is 16.5. The van der Waals surface area contributed by atoms with Crippen LogP contribution in [0.4, 0.5) is 0 Å². The molecule has 0 aliphatic carbocycles. The molecule has 0 bridgehead atoms. The molecular weight excluding hydrogens is 140 g/mol. The van der Waals surface area contributed by atoms with Crippen molar-refractivity contribution in [2.45, 2.75) is 26.4 Å². The Morgan fingerprint density at radius 3 is 2.45 bits per heavy atom. The van der Waals surface area contributed by atoms with E-state index in [4.69, 9.17) is 4.74 Å². The lowest BCUT2D eigenvalue weighted by atomic mass is 10.2. The lowest BCUT2D eigenvalue weighted by Gasteiger charge is -2.24. The fourth-order valence-corrected chi connectivity index (χ4v) is 0.896. The normalized spacial score (nSPS) is 18.5. The first-order valence-electron chi connectivity index (χ1n) is 3.94. The maximum atomic E-state index is 5.59. The second-order valence-electron chi connectivity index (χ2n) is 3.80. The Hall–Kier alpha value is -0.730. The Labute approximate surface area is 68.1 Å². The summed E-state index contributed by atoms with van der Waals surface area (Å²) >= 11 is 0. The van der Waals surface area contributed by atoms with E-state index >= 15 is 0 Å². The Kier molecular flexibility index (Phi) is 2.07. The van der Waals surface area contributed by atoms with E-state index in [-0.39, 0.29) is 5.60 Å². The van der Waals surface area contributed by atoms with Gasteiger partial charge in [-0.05, 0) is 20.8 Å². The molecule has 0 atom stereocenters. The molecule has 1 rings (SSSR count). The molecule has 0 N–H and O–H groups in total. The smallest absolute Gasteiger partial charge is 0.287 e. The number of hydrogen-bond acceptors (Lipinski definition) is 3. The standard InChI is InChI=1S/C8H16N2O/c1-8(2,3)11-7-9-5-6-10(7)4/h5-6H2,1-4H3. The van der Waals surface area contributed by atoms with Gasteiger partial charge in [0.25, 0.3) is 6.02 Å². The van der Waals surface area contributed by atoms with Crippen LogP contribution in [-0.2, 0) is 4.74 Å². The van der Waals surface area contributed by atoms with Crippen molar-refractivity contribution in [3.05, 3.63) is 0 Å². The largest absolute Gasteiger partial charge is 0.459 e. The lowest BCUT2D eigenvalue weighted by molar-refractivity contribution is 0.0961. The van der Waals surface area contributed by atoms with E-state index in [0.29, 0.717) is 0 Å². The molecule has 0 unspecified atom stereocenters. The van der Waals surface area contributed by atoms with Crippen molar-refractivity contribution in [3.63, 3.8) is 0 Å². The Morgan fingerprint density at radius 1 is 1.45 bits per heavy atom. The first-order valence-corrected chi connectivity index (χ1v) is 3.94. The summed E-state index contributed by atoms with van der Waals surface area (Å²) < 4.78 is 5.59. The first-order chi connectivity index (χ1) is 4.99. The summed E-state index contributed by atoms with van der Waals surface area (Å²) in [5.74, 6) is 0. The van der Waals surface area contributed by atoms with Crippen LogP contribution in [0, 0.1) is 0 Å². The van der Waals surface area contributed by atoms with Crippen LogP contribution < -0.4 is 0 Å². The van der Waals surface area contributed by atoms with Crippen LogP contribution in [0.5, 0.6) is 0 Å². The molecule has 0 fully saturated rings. The summed E-state index contributed by atoms with van der Waals surface area (Å²) in [4.78, 5) is 6.26. The second kappa shape index (κ2) is 2.72. The van der Waals surface area contributed by atoms with E-state index in [2.05, 4.69) is 4.99 Å². The summed E-state index contributed by atoms with van der Waals surface area (Å²) in [6.45, 7) is 7.93. The average Bonchev–Trinajstić information content (AvgIpc) is 2.12. The predicted octanol–water partition coefficient (Wildman–Crippen LogP) is 1.10. The zero-order valence-electron chi connectivity index (χ0n) is 7.72. The third-order valence-corrected chi connectivity index (χ3v) is 1.41. The van der Waals surface area contributed by atoms with Crippen LogP contribution >= 0.6 is 0 Å². The number of aliphatic imine (C=N–C) groups is 1. The van der Waals surface area contributed by atoms with Gasteiger partial charge in [-0.2, -0.15) is 0 Å². The van der Waals surface area contributed by atoms with Crippen molar-refractivity contribution >= 4 is 6.02 Å². The molecule has 0 aromatic heterocycles. The Balaban J connectivity index is 2.49. The Morgan fingerprint density at radius 2 is 2.09 bits per heavy atom. The van der Waals surface area contributed by atoms with E-state index < -0.39 is 0 Å². The van der Waals surface area contributed by atoms with Gasteiger partial charge in [0.1, 0.15) is 5.60 Å². The van der Waals surface area contributed by atoms with Crippen molar-refractivity contribution in [2.24, 2.45) is 4.99 Å². The van der Waals surface area contributed by atoms with Gasteiger partial charge in [0, 0.05) is 13.6 Å². The predicted molar refractivity (Wildman–Crippen MR) is 45.8 cm³/mol. The van der Waals surface area contributed by atoms with Gasteiger partial charge in [0.2, 0.25) is 0 Å². The molecule has 1 aliphatic heterocycles. The SMILES string of the molecule is CN1CCN=C1OC(C)(C)C. The van der Waals surface area contributed by atoms with Crippen molar-refractivity contribution in [3.8, 4) is 0 Å². The number of nitrogens with zero attached hydrogens (tertiary/aromatic N) is 2. The van der Waals surface area contributed by atoms with Gasteiger partial charge >= 0.3 is 0 Å². The minimum Gasteiger partial charge on any atom is -0.459 e. The topological polar surface area (TPSA) is 24.8 Å². The van der Waals surface area contributed by atoms with Crippen molar-refractivity contribution in [2.75, 3.05) is 20.1 Å². The lowest BCUT2D eigenvalue weighted by Crippen LogP contribution is -2.32. The summed E-state index contributed by atoms with van der Waals surface area (Å²) in [5.41, 5.74) is -0.128. The van der Waals surface area contributed by atoms with Crippen LogP contribution in [0.1, 0.15) is 20.8 Å². The molecule has 0 saturated carbocycles. The number of hydrogen-bond donors (Lipinski definition) is 0. The first kappa shape index (κ1) is 8.37. The van der Waals surface area contributed by atoms with Crippen molar-refractivity contribution in [1.82, 2.24) is 4.90 Å². The zero-order chi connectivity index (χ0) is 8.48. The minimum absolute atomic E-state index is 0.128. The van der Waals surface area contributed by atoms with Crippen molar-refractivity contribution < 1.29 is 4.74 Å². The number of rotatable bonds is 0. The van der Waals surface area contributed by atoms with E-state index in [1.165, 1.54) is 0 Å². The molecule has 3 nitrogen and oxygen atoms in total. The molecule has 0 saturated heterocycles. The summed E-state index contributed by atoms with van der Waals surface area (Å²) in [6, 6.07) is 0.775. The highest BCUT2D eigenvalue weighted by Crippen LogP contribution is 2.11. The maximum Gasteiger partial charge on any atom is 0.287 e. The molecule has 64 valence electrons. The van der Waals surface area contributed by atoms with Crippen LogP contribution in [0.15, 0.2) is 4.99 Å². The van der Waals surface area contributed by atoms with Gasteiger partial charge in [0.05, 0.1) is 6.54 Å². The van der Waals surface area contributed by atoms with Gasteiger partial charge in [0.15, 0.2) is 0 Å². The summed E-state index contributed by atoms with van der Waals surface area (Å²) in [5, 5.41) is 0. The number of amidine groups is 1. The van der Waals surface area contributed by atoms with Crippen LogP contribution in [0.25, 0.3) is 0 Å². The number of likely N-dealkylation sites (N-methyl/N-ethyl adjacent to an activating group) is 1. The molecule has 0 amide bonds. The van der Waals surface area contributed by atoms with E-state index in [1.807, 2.05) is 32.7 Å². The quantitative estimate of drug-likeness (QED) is 0.524. The molecule has 0 spiro atoms. The molecule has 11 heavy (non-hydrogen) atoms. The molecule has 1 aliphatic rings. The van der Waals surface area contributed by atoms with Crippen LogP contribution in [-0.4, -0.2) is 36.7 Å². The monoisotopic (exact) mass is 156 g/mol. The highest BCUT2D eigenvalue weighted by molar-refractivity contribution is 5.75. The molecule has 0 aromatic rings. The number of ether oxygens (including phenoxy) is 1. The average molecular weight is 156 g/mol. The maximum absolute atomic E-state index is 5.59. The summed E-state index contributed by atoms with van der Waals surface area (Å²) in [6.07, 6.45) is 0. The van der Waals surface area contributed by atoms with Crippen molar-refractivity contribution in [1.29, 1.82) is 0 Å².